The quantitative estimate of drug-likeness (QED) is 0.757. The average molecular weight is 244 g/mol. The van der Waals surface area contributed by atoms with Gasteiger partial charge in [0.05, 0.1) is 13.0 Å². The molecule has 0 N–H and O–H groups in total. The third-order valence-electron chi connectivity index (χ3n) is 4.01. The molecule has 1 saturated carbocycles. The SMILES string of the molecule is COC(=O)[C@@H]1[C@@H](CC=Cc2ccccc2)C1(C)C. The minimum absolute atomic E-state index is 0.0583. The molecule has 2 heteroatoms. The molecule has 0 bridgehead atoms. The summed E-state index contributed by atoms with van der Waals surface area (Å²) in [6.45, 7) is 4.27. The zero-order valence-electron chi connectivity index (χ0n) is 11.2. The largest absolute Gasteiger partial charge is 0.469 e. The summed E-state index contributed by atoms with van der Waals surface area (Å²) in [5, 5.41) is 0. The number of rotatable bonds is 4. The topological polar surface area (TPSA) is 26.3 Å². The van der Waals surface area contributed by atoms with E-state index in [0.29, 0.717) is 5.92 Å². The Labute approximate surface area is 109 Å². The fourth-order valence-corrected chi connectivity index (χ4v) is 2.69. The lowest BCUT2D eigenvalue weighted by atomic mass is 10.1. The minimum Gasteiger partial charge on any atom is -0.469 e. The van der Waals surface area contributed by atoms with Gasteiger partial charge in [0.1, 0.15) is 0 Å². The van der Waals surface area contributed by atoms with E-state index in [1.165, 1.54) is 12.7 Å². The Morgan fingerprint density at radius 1 is 1.33 bits per heavy atom. The number of carbonyl (C=O) groups is 1. The molecule has 0 saturated heterocycles. The van der Waals surface area contributed by atoms with Crippen molar-refractivity contribution in [3.8, 4) is 0 Å². The number of carbonyl (C=O) groups excluding carboxylic acids is 1. The lowest BCUT2D eigenvalue weighted by Gasteiger charge is -1.99. The van der Waals surface area contributed by atoms with E-state index in [-0.39, 0.29) is 17.3 Å². The predicted octanol–water partition coefficient (Wildman–Crippen LogP) is 3.54. The van der Waals surface area contributed by atoms with Crippen molar-refractivity contribution < 1.29 is 9.53 Å². The molecule has 1 aromatic carbocycles. The van der Waals surface area contributed by atoms with E-state index >= 15 is 0 Å². The van der Waals surface area contributed by atoms with Crippen LogP contribution in [0.2, 0.25) is 0 Å². The highest BCUT2D eigenvalue weighted by atomic mass is 16.5. The molecule has 96 valence electrons. The first-order valence-corrected chi connectivity index (χ1v) is 6.37. The number of hydrogen-bond donors (Lipinski definition) is 0. The third kappa shape index (κ3) is 2.47. The van der Waals surface area contributed by atoms with Crippen LogP contribution < -0.4 is 0 Å². The Morgan fingerprint density at radius 3 is 2.61 bits per heavy atom. The van der Waals surface area contributed by atoms with Crippen molar-refractivity contribution in [1.29, 1.82) is 0 Å². The molecule has 2 atom stereocenters. The molecule has 0 unspecified atom stereocenters. The molecule has 0 heterocycles. The zero-order valence-corrected chi connectivity index (χ0v) is 11.2. The smallest absolute Gasteiger partial charge is 0.309 e. The maximum absolute atomic E-state index is 11.6. The van der Waals surface area contributed by atoms with Gasteiger partial charge in [0.25, 0.3) is 0 Å². The summed E-state index contributed by atoms with van der Waals surface area (Å²) in [5.41, 5.74) is 1.28. The fraction of sp³-hybridized carbons (Fsp3) is 0.438. The summed E-state index contributed by atoms with van der Waals surface area (Å²) < 4.78 is 4.84. The second kappa shape index (κ2) is 4.97. The Bertz CT molecular complexity index is 445. The molecule has 1 aliphatic carbocycles. The molecular weight excluding hydrogens is 224 g/mol. The Kier molecular flexibility index (Phi) is 3.55. The summed E-state index contributed by atoms with van der Waals surface area (Å²) in [7, 11) is 1.47. The second-order valence-corrected chi connectivity index (χ2v) is 5.48. The van der Waals surface area contributed by atoms with Gasteiger partial charge in [-0.1, -0.05) is 56.3 Å². The van der Waals surface area contributed by atoms with Crippen molar-refractivity contribution in [3.63, 3.8) is 0 Å². The van der Waals surface area contributed by atoms with Crippen LogP contribution in [0, 0.1) is 17.3 Å². The normalized spacial score (nSPS) is 25.1. The molecular formula is C16H20O2. The number of ether oxygens (including phenoxy) is 1. The predicted molar refractivity (Wildman–Crippen MR) is 72.9 cm³/mol. The molecule has 0 radical (unpaired) electrons. The number of hydrogen-bond acceptors (Lipinski definition) is 2. The molecule has 0 aromatic heterocycles. The van der Waals surface area contributed by atoms with E-state index in [9.17, 15) is 4.79 Å². The van der Waals surface area contributed by atoms with Crippen LogP contribution >= 0.6 is 0 Å². The zero-order chi connectivity index (χ0) is 13.2. The molecule has 1 fully saturated rings. The van der Waals surface area contributed by atoms with E-state index in [1.807, 2.05) is 18.2 Å². The number of benzene rings is 1. The van der Waals surface area contributed by atoms with Crippen LogP contribution in [0.3, 0.4) is 0 Å². The van der Waals surface area contributed by atoms with Gasteiger partial charge < -0.3 is 4.74 Å². The monoisotopic (exact) mass is 244 g/mol. The lowest BCUT2D eigenvalue weighted by Crippen LogP contribution is -2.07. The second-order valence-electron chi connectivity index (χ2n) is 5.48. The van der Waals surface area contributed by atoms with E-state index < -0.39 is 0 Å². The van der Waals surface area contributed by atoms with Crippen LogP contribution in [0.25, 0.3) is 6.08 Å². The van der Waals surface area contributed by atoms with Gasteiger partial charge in [0, 0.05) is 0 Å². The Morgan fingerprint density at radius 2 is 2.00 bits per heavy atom. The Hall–Kier alpha value is -1.57. The molecule has 0 aliphatic heterocycles. The first kappa shape index (κ1) is 12.9. The van der Waals surface area contributed by atoms with Gasteiger partial charge >= 0.3 is 5.97 Å². The van der Waals surface area contributed by atoms with Crippen molar-refractivity contribution in [2.75, 3.05) is 7.11 Å². The molecule has 0 amide bonds. The van der Waals surface area contributed by atoms with E-state index in [0.717, 1.165) is 6.42 Å². The van der Waals surface area contributed by atoms with Crippen molar-refractivity contribution in [3.05, 3.63) is 42.0 Å². The molecule has 2 rings (SSSR count). The third-order valence-corrected chi connectivity index (χ3v) is 4.01. The van der Waals surface area contributed by atoms with E-state index in [2.05, 4.69) is 38.1 Å². The molecule has 0 spiro atoms. The minimum atomic E-state index is -0.0712. The van der Waals surface area contributed by atoms with Gasteiger partial charge in [-0.15, -0.1) is 0 Å². The fourth-order valence-electron chi connectivity index (χ4n) is 2.69. The van der Waals surface area contributed by atoms with Crippen LogP contribution in [-0.4, -0.2) is 13.1 Å². The maximum Gasteiger partial charge on any atom is 0.309 e. The van der Waals surface area contributed by atoms with Gasteiger partial charge in [-0.25, -0.2) is 0 Å². The van der Waals surface area contributed by atoms with Crippen LogP contribution in [0.1, 0.15) is 25.8 Å². The van der Waals surface area contributed by atoms with Crippen LogP contribution in [0.4, 0.5) is 0 Å². The summed E-state index contributed by atoms with van der Waals surface area (Å²) in [6.07, 6.45) is 5.20. The number of allylic oxidation sites excluding steroid dienone is 1. The molecule has 1 aliphatic rings. The van der Waals surface area contributed by atoms with Crippen molar-refractivity contribution in [1.82, 2.24) is 0 Å². The highest BCUT2D eigenvalue weighted by molar-refractivity contribution is 5.77. The van der Waals surface area contributed by atoms with E-state index in [1.54, 1.807) is 0 Å². The van der Waals surface area contributed by atoms with E-state index in [4.69, 9.17) is 4.74 Å². The summed E-state index contributed by atoms with van der Waals surface area (Å²) >= 11 is 0. The van der Waals surface area contributed by atoms with Crippen molar-refractivity contribution in [2.24, 2.45) is 17.3 Å². The van der Waals surface area contributed by atoms with Crippen molar-refractivity contribution >= 4 is 12.0 Å². The summed E-state index contributed by atoms with van der Waals surface area (Å²) in [6, 6.07) is 10.2. The van der Waals surface area contributed by atoms with Gasteiger partial charge in [-0.3, -0.25) is 4.79 Å². The van der Waals surface area contributed by atoms with Crippen molar-refractivity contribution in [2.45, 2.75) is 20.3 Å². The van der Waals surface area contributed by atoms with Gasteiger partial charge in [0.15, 0.2) is 0 Å². The maximum atomic E-state index is 11.6. The molecule has 18 heavy (non-hydrogen) atoms. The first-order chi connectivity index (χ1) is 8.57. The highest BCUT2D eigenvalue weighted by Crippen LogP contribution is 2.60. The van der Waals surface area contributed by atoms with Crippen LogP contribution in [0.15, 0.2) is 36.4 Å². The summed E-state index contributed by atoms with van der Waals surface area (Å²) in [5.74, 6) is 0.394. The van der Waals surface area contributed by atoms with Gasteiger partial charge in [0.2, 0.25) is 0 Å². The average Bonchev–Trinajstić information content (AvgIpc) is 2.92. The van der Waals surface area contributed by atoms with Crippen LogP contribution in [0.5, 0.6) is 0 Å². The number of methoxy groups -OCH3 is 1. The Balaban J connectivity index is 1.92. The molecule has 1 aromatic rings. The van der Waals surface area contributed by atoms with Gasteiger partial charge in [-0.05, 0) is 23.3 Å². The molecule has 2 nitrogen and oxygen atoms in total. The standard InChI is InChI=1S/C16H20O2/c1-16(2)13(14(16)15(17)18-3)11-7-10-12-8-5-4-6-9-12/h4-10,13-14H,11H2,1-3H3/t13-,14+/m1/s1. The number of esters is 1. The van der Waals surface area contributed by atoms with Gasteiger partial charge in [-0.2, -0.15) is 0 Å². The highest BCUT2D eigenvalue weighted by Gasteiger charge is 2.61. The lowest BCUT2D eigenvalue weighted by molar-refractivity contribution is -0.143. The van der Waals surface area contributed by atoms with Crippen LogP contribution in [-0.2, 0) is 9.53 Å². The summed E-state index contributed by atoms with van der Waals surface area (Å²) in [4.78, 5) is 11.6. The first-order valence-electron chi connectivity index (χ1n) is 6.37.